The highest BCUT2D eigenvalue weighted by atomic mass is 79.9. The first-order chi connectivity index (χ1) is 9.27. The highest BCUT2D eigenvalue weighted by Crippen LogP contribution is 2.14. The lowest BCUT2D eigenvalue weighted by molar-refractivity contribution is 0.537. The summed E-state index contributed by atoms with van der Waals surface area (Å²) >= 11 is 3.61. The average Bonchev–Trinajstić information content (AvgIpc) is 2.39. The summed E-state index contributed by atoms with van der Waals surface area (Å²) in [7, 11) is 0. The summed E-state index contributed by atoms with van der Waals surface area (Å²) in [6.07, 6.45) is 21.8. The van der Waals surface area contributed by atoms with Crippen molar-refractivity contribution in [3.63, 3.8) is 0 Å². The molecule has 19 heavy (non-hydrogen) atoms. The van der Waals surface area contributed by atoms with E-state index in [1.165, 1.54) is 89.9 Å². The highest BCUT2D eigenvalue weighted by Gasteiger charge is 1.96. The van der Waals surface area contributed by atoms with Crippen LogP contribution in [0.15, 0.2) is 12.7 Å². The minimum absolute atomic E-state index is 0.707. The number of alkyl halides is 1. The van der Waals surface area contributed by atoms with E-state index in [0.717, 1.165) is 0 Å². The zero-order chi connectivity index (χ0) is 14.2. The van der Waals surface area contributed by atoms with Gasteiger partial charge in [-0.05, 0) is 19.3 Å². The molecule has 0 rings (SSSR count). The molecule has 0 aromatic heterocycles. The summed E-state index contributed by atoms with van der Waals surface area (Å²) in [4.78, 5) is 0.707. The molecule has 0 heterocycles. The van der Waals surface area contributed by atoms with Crippen LogP contribution in [-0.2, 0) is 0 Å². The van der Waals surface area contributed by atoms with E-state index in [4.69, 9.17) is 0 Å². The van der Waals surface area contributed by atoms with Crippen LogP contribution in [0.2, 0.25) is 0 Å². The minimum atomic E-state index is 0.707. The van der Waals surface area contributed by atoms with Gasteiger partial charge in [-0.3, -0.25) is 0 Å². The molecule has 0 bridgehead atoms. The number of allylic oxidation sites excluding steroid dienone is 1. The molecule has 0 amide bonds. The van der Waals surface area contributed by atoms with E-state index in [-0.39, 0.29) is 0 Å². The summed E-state index contributed by atoms with van der Waals surface area (Å²) in [6.45, 7) is 6.01. The van der Waals surface area contributed by atoms with Gasteiger partial charge in [0.25, 0.3) is 0 Å². The third-order valence-corrected chi connectivity index (χ3v) is 4.22. The fourth-order valence-corrected chi connectivity index (χ4v) is 2.81. The zero-order valence-corrected chi connectivity index (χ0v) is 14.7. The molecule has 0 saturated heterocycles. The maximum Gasteiger partial charge on any atom is 0.0117 e. The summed E-state index contributed by atoms with van der Waals surface area (Å²) < 4.78 is 0. The molecular weight excluding hydrogens is 296 g/mol. The van der Waals surface area contributed by atoms with Gasteiger partial charge in [0.1, 0.15) is 0 Å². The van der Waals surface area contributed by atoms with Crippen LogP contribution >= 0.6 is 15.9 Å². The summed E-state index contributed by atoms with van der Waals surface area (Å²) in [5.41, 5.74) is 0. The van der Waals surface area contributed by atoms with Crippen LogP contribution in [0.25, 0.3) is 0 Å². The normalized spacial score (nSPS) is 12.5. The Morgan fingerprint density at radius 3 is 1.47 bits per heavy atom. The summed E-state index contributed by atoms with van der Waals surface area (Å²) in [5.74, 6) is 0. The average molecular weight is 331 g/mol. The molecule has 0 aliphatic heterocycles. The molecule has 1 unspecified atom stereocenters. The largest absolute Gasteiger partial charge is 0.103 e. The fraction of sp³-hybridized carbons (Fsp3) is 0.889. The van der Waals surface area contributed by atoms with Crippen LogP contribution in [0, 0.1) is 0 Å². The molecule has 0 N–H and O–H groups in total. The van der Waals surface area contributed by atoms with Crippen molar-refractivity contribution in [3.05, 3.63) is 12.7 Å². The Morgan fingerprint density at radius 2 is 1.11 bits per heavy atom. The van der Waals surface area contributed by atoms with Crippen molar-refractivity contribution < 1.29 is 0 Å². The van der Waals surface area contributed by atoms with Crippen molar-refractivity contribution in [2.45, 2.75) is 102 Å². The first-order valence-corrected chi connectivity index (χ1v) is 9.44. The van der Waals surface area contributed by atoms with Crippen LogP contribution in [-0.4, -0.2) is 4.83 Å². The van der Waals surface area contributed by atoms with Crippen LogP contribution in [0.5, 0.6) is 0 Å². The topological polar surface area (TPSA) is 0 Å². The third-order valence-electron chi connectivity index (χ3n) is 3.76. The molecule has 114 valence electrons. The molecule has 0 aromatic rings. The van der Waals surface area contributed by atoms with Gasteiger partial charge in [-0.25, -0.2) is 0 Å². The van der Waals surface area contributed by atoms with Crippen molar-refractivity contribution in [2.75, 3.05) is 0 Å². The molecular formula is C18H35Br. The Bertz CT molecular complexity index is 175. The van der Waals surface area contributed by atoms with E-state index >= 15 is 0 Å². The van der Waals surface area contributed by atoms with Crippen LogP contribution < -0.4 is 0 Å². The maximum atomic E-state index is 3.76. The first kappa shape index (κ1) is 19.2. The Hall–Kier alpha value is 0.220. The number of rotatable bonds is 15. The number of hydrogen-bond acceptors (Lipinski definition) is 0. The van der Waals surface area contributed by atoms with Gasteiger partial charge in [-0.2, -0.15) is 0 Å². The standard InChI is InChI=1S/C18H35Br/c1-3-4-5-6-7-8-9-10-11-12-13-14-15-16-17-18(2)19/h3,18H,1,4-17H2,2H3. The lowest BCUT2D eigenvalue weighted by Gasteiger charge is -2.04. The lowest BCUT2D eigenvalue weighted by atomic mass is 10.0. The molecule has 1 atom stereocenters. The van der Waals surface area contributed by atoms with Crippen molar-refractivity contribution in [3.8, 4) is 0 Å². The second-order valence-corrected chi connectivity index (χ2v) is 7.45. The van der Waals surface area contributed by atoms with Crippen LogP contribution in [0.4, 0.5) is 0 Å². The van der Waals surface area contributed by atoms with Gasteiger partial charge in [0, 0.05) is 4.83 Å². The van der Waals surface area contributed by atoms with Gasteiger partial charge in [-0.1, -0.05) is 99.6 Å². The van der Waals surface area contributed by atoms with Crippen LogP contribution in [0.1, 0.15) is 96.8 Å². The van der Waals surface area contributed by atoms with E-state index in [1.54, 1.807) is 0 Å². The van der Waals surface area contributed by atoms with E-state index in [1.807, 2.05) is 6.08 Å². The van der Waals surface area contributed by atoms with Crippen LogP contribution in [0.3, 0.4) is 0 Å². The van der Waals surface area contributed by atoms with Gasteiger partial charge in [-0.15, -0.1) is 6.58 Å². The third kappa shape index (κ3) is 18.2. The molecule has 0 radical (unpaired) electrons. The molecule has 0 spiro atoms. The number of hydrogen-bond donors (Lipinski definition) is 0. The van der Waals surface area contributed by atoms with Gasteiger partial charge in [0.05, 0.1) is 0 Å². The molecule has 0 fully saturated rings. The fourth-order valence-electron chi connectivity index (χ4n) is 2.48. The first-order valence-electron chi connectivity index (χ1n) is 8.52. The van der Waals surface area contributed by atoms with Crippen molar-refractivity contribution >= 4 is 15.9 Å². The second kappa shape index (κ2) is 16.3. The minimum Gasteiger partial charge on any atom is -0.103 e. The Balaban J connectivity index is 2.93. The van der Waals surface area contributed by atoms with Crippen molar-refractivity contribution in [2.24, 2.45) is 0 Å². The van der Waals surface area contributed by atoms with Crippen molar-refractivity contribution in [1.82, 2.24) is 0 Å². The molecule has 0 nitrogen and oxygen atoms in total. The van der Waals surface area contributed by atoms with Gasteiger partial charge in [0.2, 0.25) is 0 Å². The SMILES string of the molecule is C=CCCCCCCCCCCCCCCC(C)Br. The summed E-state index contributed by atoms with van der Waals surface area (Å²) in [5, 5.41) is 0. The molecule has 1 heteroatoms. The monoisotopic (exact) mass is 330 g/mol. The number of unbranched alkanes of at least 4 members (excludes halogenated alkanes) is 12. The Kier molecular flexibility index (Phi) is 16.5. The smallest absolute Gasteiger partial charge is 0.0117 e. The van der Waals surface area contributed by atoms with E-state index in [9.17, 15) is 0 Å². The predicted molar refractivity (Wildman–Crippen MR) is 93.2 cm³/mol. The van der Waals surface area contributed by atoms with Gasteiger partial charge >= 0.3 is 0 Å². The van der Waals surface area contributed by atoms with E-state index in [0.29, 0.717) is 4.83 Å². The maximum absolute atomic E-state index is 3.76. The quantitative estimate of drug-likeness (QED) is 0.166. The second-order valence-electron chi connectivity index (χ2n) is 5.89. The molecule has 0 aromatic carbocycles. The van der Waals surface area contributed by atoms with Gasteiger partial charge < -0.3 is 0 Å². The highest BCUT2D eigenvalue weighted by molar-refractivity contribution is 9.09. The molecule has 0 aliphatic carbocycles. The van der Waals surface area contributed by atoms with E-state index in [2.05, 4.69) is 29.4 Å². The zero-order valence-electron chi connectivity index (χ0n) is 13.1. The van der Waals surface area contributed by atoms with E-state index < -0.39 is 0 Å². The number of halogens is 1. The lowest BCUT2D eigenvalue weighted by Crippen LogP contribution is -1.89. The predicted octanol–water partition coefficient (Wildman–Crippen LogP) is 7.42. The molecule has 0 aliphatic rings. The summed E-state index contributed by atoms with van der Waals surface area (Å²) in [6, 6.07) is 0. The van der Waals surface area contributed by atoms with Crippen molar-refractivity contribution in [1.29, 1.82) is 0 Å². The Labute approximate surface area is 130 Å². The Morgan fingerprint density at radius 1 is 0.737 bits per heavy atom. The van der Waals surface area contributed by atoms with Gasteiger partial charge in [0.15, 0.2) is 0 Å². The molecule has 0 saturated carbocycles.